The first kappa shape index (κ1) is 23.3. The fraction of sp³-hybridized carbons (Fsp3) is 0.632. The lowest BCUT2D eigenvalue weighted by molar-refractivity contribution is -0.129. The van der Waals surface area contributed by atoms with Crippen LogP contribution in [0.25, 0.3) is 0 Å². The summed E-state index contributed by atoms with van der Waals surface area (Å²) in [5, 5.41) is 0. The van der Waals surface area contributed by atoms with Crippen LogP contribution in [0.1, 0.15) is 32.8 Å². The van der Waals surface area contributed by atoms with E-state index in [1.165, 1.54) is 11.8 Å². The number of benzene rings is 1. The van der Waals surface area contributed by atoms with Crippen molar-refractivity contribution in [3.05, 3.63) is 22.2 Å². The zero-order valence-corrected chi connectivity index (χ0v) is 19.8. The van der Waals surface area contributed by atoms with Crippen LogP contribution in [0, 0.1) is 0 Å². The number of halogens is 1. The third-order valence-electron chi connectivity index (χ3n) is 4.51. The van der Waals surface area contributed by atoms with Gasteiger partial charge in [0.2, 0.25) is 5.91 Å². The summed E-state index contributed by atoms with van der Waals surface area (Å²) in [6, 6.07) is 3.65. The normalized spacial score (nSPS) is 18.1. The smallest absolute Gasteiger partial charge is 0.232 e. The molecule has 1 aromatic carbocycles. The molecule has 1 heterocycles. The Morgan fingerprint density at radius 1 is 1.21 bits per heavy atom. The van der Waals surface area contributed by atoms with E-state index in [1.54, 1.807) is 4.90 Å². The van der Waals surface area contributed by atoms with Crippen molar-refractivity contribution < 1.29 is 22.7 Å². The van der Waals surface area contributed by atoms with E-state index < -0.39 is 9.84 Å². The van der Waals surface area contributed by atoms with Crippen LogP contribution in [0.2, 0.25) is 0 Å². The van der Waals surface area contributed by atoms with E-state index in [0.717, 1.165) is 10.0 Å². The molecule has 1 aliphatic heterocycles. The first-order valence-electron chi connectivity index (χ1n) is 9.46. The molecule has 2 rings (SSSR count). The lowest BCUT2D eigenvalue weighted by Gasteiger charge is -2.26. The first-order chi connectivity index (χ1) is 13.3. The quantitative estimate of drug-likeness (QED) is 0.496. The van der Waals surface area contributed by atoms with Crippen LogP contribution in [0.4, 0.5) is 0 Å². The molecule has 1 aromatic rings. The summed E-state index contributed by atoms with van der Waals surface area (Å²) < 4.78 is 35.6. The molecule has 158 valence electrons. The average molecular weight is 494 g/mol. The molecule has 1 fully saturated rings. The largest absolute Gasteiger partial charge is 0.490 e. The molecule has 0 saturated carbocycles. The van der Waals surface area contributed by atoms with E-state index in [1.807, 2.05) is 32.9 Å². The summed E-state index contributed by atoms with van der Waals surface area (Å²) in [5.41, 5.74) is 1.02. The molecule has 1 aliphatic rings. The second kappa shape index (κ2) is 10.7. The van der Waals surface area contributed by atoms with E-state index >= 15 is 0 Å². The van der Waals surface area contributed by atoms with Crippen molar-refractivity contribution in [3.8, 4) is 11.5 Å². The number of thioether (sulfide) groups is 1. The highest BCUT2D eigenvalue weighted by Crippen LogP contribution is 2.35. The molecule has 0 aromatic heterocycles. The fourth-order valence-corrected chi connectivity index (χ4v) is 6.50. The second-order valence-electron chi connectivity index (χ2n) is 6.49. The molecule has 0 unspecified atom stereocenters. The van der Waals surface area contributed by atoms with E-state index in [9.17, 15) is 13.2 Å². The molecule has 0 bridgehead atoms. The number of ether oxygens (including phenoxy) is 2. The minimum atomic E-state index is -3.01. The van der Waals surface area contributed by atoms with Gasteiger partial charge in [0, 0.05) is 22.8 Å². The maximum absolute atomic E-state index is 12.6. The van der Waals surface area contributed by atoms with Crippen molar-refractivity contribution in [1.29, 1.82) is 0 Å². The highest BCUT2D eigenvalue weighted by Gasteiger charge is 2.33. The molecular weight excluding hydrogens is 466 g/mol. The van der Waals surface area contributed by atoms with E-state index in [2.05, 4.69) is 15.9 Å². The average Bonchev–Trinajstić information content (AvgIpc) is 2.99. The number of carbonyl (C=O) groups is 1. The molecule has 28 heavy (non-hydrogen) atoms. The predicted octanol–water partition coefficient (Wildman–Crippen LogP) is 3.52. The summed E-state index contributed by atoms with van der Waals surface area (Å²) in [7, 11) is -3.01. The fourth-order valence-electron chi connectivity index (χ4n) is 3.22. The summed E-state index contributed by atoms with van der Waals surface area (Å²) in [6.07, 6.45) is 0.536. The Morgan fingerprint density at radius 3 is 2.39 bits per heavy atom. The Morgan fingerprint density at radius 2 is 1.86 bits per heavy atom. The Bertz CT molecular complexity index is 785. The lowest BCUT2D eigenvalue weighted by Crippen LogP contribution is -2.41. The Hall–Kier alpha value is -0.930. The van der Waals surface area contributed by atoms with Crippen LogP contribution in [0.15, 0.2) is 16.6 Å². The number of rotatable bonds is 10. The van der Waals surface area contributed by atoms with Crippen LogP contribution in [0.5, 0.6) is 11.5 Å². The number of carbonyl (C=O) groups excluding carboxylic acids is 1. The van der Waals surface area contributed by atoms with Crippen LogP contribution in [0.3, 0.4) is 0 Å². The van der Waals surface area contributed by atoms with E-state index in [0.29, 0.717) is 49.2 Å². The van der Waals surface area contributed by atoms with Crippen molar-refractivity contribution in [2.45, 2.75) is 39.0 Å². The molecule has 9 heteroatoms. The maximum atomic E-state index is 12.6. The summed E-state index contributed by atoms with van der Waals surface area (Å²) >= 11 is 5.08. The third-order valence-corrected chi connectivity index (χ3v) is 7.96. The maximum Gasteiger partial charge on any atom is 0.232 e. The number of amides is 1. The first-order valence-corrected chi connectivity index (χ1v) is 13.2. The molecule has 0 radical (unpaired) electrons. The summed E-state index contributed by atoms with van der Waals surface area (Å²) in [6.45, 7) is 7.37. The molecule has 0 aliphatic carbocycles. The van der Waals surface area contributed by atoms with Gasteiger partial charge >= 0.3 is 0 Å². The third kappa shape index (κ3) is 6.29. The molecule has 6 nitrogen and oxygen atoms in total. The van der Waals surface area contributed by atoms with Gasteiger partial charge in [-0.05, 0) is 44.9 Å². The highest BCUT2D eigenvalue weighted by molar-refractivity contribution is 9.10. The molecule has 1 amide bonds. The molecule has 0 N–H and O–H groups in total. The summed E-state index contributed by atoms with van der Waals surface area (Å²) in [5.74, 6) is 2.59. The molecular formula is C19H28BrNO5S2. The van der Waals surface area contributed by atoms with Gasteiger partial charge in [-0.15, -0.1) is 11.8 Å². The van der Waals surface area contributed by atoms with Gasteiger partial charge in [0.15, 0.2) is 21.3 Å². The van der Waals surface area contributed by atoms with Crippen molar-refractivity contribution in [1.82, 2.24) is 4.90 Å². The number of nitrogens with zero attached hydrogens (tertiary/aromatic N) is 1. The van der Waals surface area contributed by atoms with Gasteiger partial charge in [-0.3, -0.25) is 4.79 Å². The molecule has 1 saturated heterocycles. The topological polar surface area (TPSA) is 72.9 Å². The number of sulfone groups is 1. The van der Waals surface area contributed by atoms with Crippen LogP contribution in [-0.4, -0.2) is 62.3 Å². The molecule has 1 atom stereocenters. The van der Waals surface area contributed by atoms with Crippen LogP contribution >= 0.6 is 27.7 Å². The molecule has 0 spiro atoms. The standard InChI is InChI=1S/C19H28BrNO5S2/c1-4-21(15-7-8-28(23,24)13-15)19(22)12-27-11-14-9-17(25-5-2)18(26-6-3)10-16(14)20/h9-10,15H,4-8,11-13H2,1-3H3/t15-/m1/s1. The van der Waals surface area contributed by atoms with Crippen molar-refractivity contribution in [2.24, 2.45) is 0 Å². The van der Waals surface area contributed by atoms with Crippen LogP contribution < -0.4 is 9.47 Å². The van der Waals surface area contributed by atoms with Gasteiger partial charge in [-0.2, -0.15) is 0 Å². The SMILES string of the molecule is CCOc1cc(Br)c(CSCC(=O)N(CC)[C@@H]2CCS(=O)(=O)C2)cc1OCC. The highest BCUT2D eigenvalue weighted by atomic mass is 79.9. The zero-order chi connectivity index (χ0) is 20.7. The van der Waals surface area contributed by atoms with E-state index in [4.69, 9.17) is 9.47 Å². The van der Waals surface area contributed by atoms with Gasteiger partial charge in [-0.1, -0.05) is 15.9 Å². The zero-order valence-electron chi connectivity index (χ0n) is 16.6. The lowest BCUT2D eigenvalue weighted by atomic mass is 10.2. The van der Waals surface area contributed by atoms with Gasteiger partial charge in [0.05, 0.1) is 30.5 Å². The van der Waals surface area contributed by atoms with Crippen LogP contribution in [-0.2, 0) is 20.4 Å². The Labute approximate surface area is 180 Å². The monoisotopic (exact) mass is 493 g/mol. The van der Waals surface area contributed by atoms with Gasteiger partial charge in [-0.25, -0.2) is 8.42 Å². The Balaban J connectivity index is 1.98. The number of hydrogen-bond acceptors (Lipinski definition) is 6. The van der Waals surface area contributed by atoms with E-state index in [-0.39, 0.29) is 23.5 Å². The minimum absolute atomic E-state index is 0.0123. The van der Waals surface area contributed by atoms with Gasteiger partial charge in [0.25, 0.3) is 0 Å². The van der Waals surface area contributed by atoms with Crippen molar-refractivity contribution in [2.75, 3.05) is 37.0 Å². The second-order valence-corrected chi connectivity index (χ2v) is 10.6. The van der Waals surface area contributed by atoms with Gasteiger partial charge in [0.1, 0.15) is 0 Å². The Kier molecular flexibility index (Phi) is 8.95. The minimum Gasteiger partial charge on any atom is -0.490 e. The van der Waals surface area contributed by atoms with Gasteiger partial charge < -0.3 is 14.4 Å². The predicted molar refractivity (Wildman–Crippen MR) is 117 cm³/mol. The summed E-state index contributed by atoms with van der Waals surface area (Å²) in [4.78, 5) is 14.3. The van der Waals surface area contributed by atoms with Crippen molar-refractivity contribution >= 4 is 43.4 Å². The number of hydrogen-bond donors (Lipinski definition) is 0. The van der Waals surface area contributed by atoms with Crippen molar-refractivity contribution in [3.63, 3.8) is 0 Å².